The lowest BCUT2D eigenvalue weighted by atomic mass is 10.0. The Hall–Kier alpha value is -0.600. The first-order chi connectivity index (χ1) is 4.79. The van der Waals surface area contributed by atoms with Crippen molar-refractivity contribution >= 4 is 0 Å². The first-order valence-corrected chi connectivity index (χ1v) is 3.65. The molecule has 0 atom stereocenters. The molecule has 0 aromatic rings. The van der Waals surface area contributed by atoms with Crippen LogP contribution >= 0.6 is 0 Å². The van der Waals surface area contributed by atoms with Gasteiger partial charge < -0.3 is 11.5 Å². The summed E-state index contributed by atoms with van der Waals surface area (Å²) >= 11 is 0. The minimum absolute atomic E-state index is 0.183. The molecule has 0 spiro atoms. The Balaban J connectivity index is 2.39. The monoisotopic (exact) mass is 138 g/mol. The van der Waals surface area contributed by atoms with E-state index in [0.29, 0.717) is 0 Å². The summed E-state index contributed by atoms with van der Waals surface area (Å²) in [6, 6.07) is 0. The molecule has 2 heteroatoms. The van der Waals surface area contributed by atoms with E-state index < -0.39 is 0 Å². The zero-order valence-electron chi connectivity index (χ0n) is 6.09. The molecule has 0 saturated heterocycles. The second kappa shape index (κ2) is 3.54. The average Bonchev–Trinajstić information content (AvgIpc) is 1.88. The van der Waals surface area contributed by atoms with Crippen molar-refractivity contribution in [1.29, 1.82) is 0 Å². The summed E-state index contributed by atoms with van der Waals surface area (Å²) in [6.45, 7) is 0. The SMILES string of the molecule is NC(N)CC1=CC=CCC1. The Bertz CT molecular complexity index is 157. The molecular formula is C8H14N2. The number of allylic oxidation sites excluding steroid dienone is 3. The van der Waals surface area contributed by atoms with Crippen LogP contribution in [0.1, 0.15) is 19.3 Å². The van der Waals surface area contributed by atoms with Gasteiger partial charge in [0.25, 0.3) is 0 Å². The van der Waals surface area contributed by atoms with Crippen LogP contribution in [0.15, 0.2) is 23.8 Å². The molecule has 0 saturated carbocycles. The Morgan fingerprint density at radius 2 is 2.30 bits per heavy atom. The lowest BCUT2D eigenvalue weighted by molar-refractivity contribution is 0.674. The molecule has 1 aliphatic carbocycles. The van der Waals surface area contributed by atoms with Gasteiger partial charge in [-0.3, -0.25) is 0 Å². The molecule has 0 bridgehead atoms. The zero-order chi connectivity index (χ0) is 7.40. The molecule has 56 valence electrons. The lowest BCUT2D eigenvalue weighted by Crippen LogP contribution is -2.30. The molecule has 1 aliphatic rings. The molecule has 0 aliphatic heterocycles. The molecule has 0 unspecified atom stereocenters. The van der Waals surface area contributed by atoms with Gasteiger partial charge in [-0.1, -0.05) is 23.8 Å². The highest BCUT2D eigenvalue weighted by Gasteiger charge is 2.01. The third kappa shape index (κ3) is 2.33. The Labute approximate surface area is 61.6 Å². The molecule has 0 aromatic carbocycles. The fraction of sp³-hybridized carbons (Fsp3) is 0.500. The van der Waals surface area contributed by atoms with E-state index in [9.17, 15) is 0 Å². The van der Waals surface area contributed by atoms with Crippen LogP contribution in [-0.4, -0.2) is 6.17 Å². The van der Waals surface area contributed by atoms with E-state index in [4.69, 9.17) is 11.5 Å². The molecule has 1 rings (SSSR count). The average molecular weight is 138 g/mol. The van der Waals surface area contributed by atoms with E-state index >= 15 is 0 Å². The summed E-state index contributed by atoms with van der Waals surface area (Å²) in [5.41, 5.74) is 12.2. The van der Waals surface area contributed by atoms with E-state index in [1.54, 1.807) is 0 Å². The van der Waals surface area contributed by atoms with Gasteiger partial charge in [-0.2, -0.15) is 0 Å². The predicted octanol–water partition coefficient (Wildman–Crippen LogP) is 0.896. The Kier molecular flexibility index (Phi) is 2.66. The van der Waals surface area contributed by atoms with Crippen LogP contribution in [0.2, 0.25) is 0 Å². The summed E-state index contributed by atoms with van der Waals surface area (Å²) in [7, 11) is 0. The first kappa shape index (κ1) is 7.51. The smallest absolute Gasteiger partial charge is 0.0559 e. The van der Waals surface area contributed by atoms with Gasteiger partial charge in [-0.05, 0) is 19.3 Å². The van der Waals surface area contributed by atoms with Crippen molar-refractivity contribution < 1.29 is 0 Å². The molecule has 0 amide bonds. The zero-order valence-corrected chi connectivity index (χ0v) is 6.09. The van der Waals surface area contributed by atoms with E-state index in [-0.39, 0.29) is 6.17 Å². The molecule has 2 nitrogen and oxygen atoms in total. The highest BCUT2D eigenvalue weighted by atomic mass is 14.8. The summed E-state index contributed by atoms with van der Waals surface area (Å²) in [5, 5.41) is 0. The van der Waals surface area contributed by atoms with Crippen LogP contribution in [-0.2, 0) is 0 Å². The van der Waals surface area contributed by atoms with Crippen molar-refractivity contribution in [3.63, 3.8) is 0 Å². The number of nitrogens with two attached hydrogens (primary N) is 2. The maximum Gasteiger partial charge on any atom is 0.0559 e. The van der Waals surface area contributed by atoms with Crippen molar-refractivity contribution in [3.8, 4) is 0 Å². The summed E-state index contributed by atoms with van der Waals surface area (Å²) in [5.74, 6) is 0. The maximum atomic E-state index is 5.44. The normalized spacial score (nSPS) is 17.7. The largest absolute Gasteiger partial charge is 0.316 e. The quantitative estimate of drug-likeness (QED) is 0.557. The predicted molar refractivity (Wildman–Crippen MR) is 43.2 cm³/mol. The van der Waals surface area contributed by atoms with Gasteiger partial charge in [0, 0.05) is 0 Å². The minimum Gasteiger partial charge on any atom is -0.316 e. The molecule has 0 heterocycles. The van der Waals surface area contributed by atoms with Gasteiger partial charge in [0.05, 0.1) is 6.17 Å². The van der Waals surface area contributed by atoms with Gasteiger partial charge in [0.2, 0.25) is 0 Å². The molecular weight excluding hydrogens is 124 g/mol. The van der Waals surface area contributed by atoms with Gasteiger partial charge in [0.15, 0.2) is 0 Å². The van der Waals surface area contributed by atoms with Gasteiger partial charge in [-0.25, -0.2) is 0 Å². The van der Waals surface area contributed by atoms with Crippen molar-refractivity contribution in [2.45, 2.75) is 25.4 Å². The fourth-order valence-electron chi connectivity index (χ4n) is 1.13. The van der Waals surface area contributed by atoms with Gasteiger partial charge in [-0.15, -0.1) is 0 Å². The Morgan fingerprint density at radius 1 is 1.50 bits per heavy atom. The van der Waals surface area contributed by atoms with Crippen LogP contribution in [0.5, 0.6) is 0 Å². The molecule has 0 radical (unpaired) electrons. The van der Waals surface area contributed by atoms with Crippen molar-refractivity contribution in [3.05, 3.63) is 23.8 Å². The minimum atomic E-state index is -0.183. The fourth-order valence-corrected chi connectivity index (χ4v) is 1.13. The van der Waals surface area contributed by atoms with Crippen molar-refractivity contribution in [1.82, 2.24) is 0 Å². The summed E-state index contributed by atoms with van der Waals surface area (Å²) in [4.78, 5) is 0. The second-order valence-corrected chi connectivity index (χ2v) is 2.66. The molecule has 10 heavy (non-hydrogen) atoms. The first-order valence-electron chi connectivity index (χ1n) is 3.65. The van der Waals surface area contributed by atoms with E-state index in [0.717, 1.165) is 19.3 Å². The van der Waals surface area contributed by atoms with Gasteiger partial charge in [0.1, 0.15) is 0 Å². The maximum absolute atomic E-state index is 5.44. The standard InChI is InChI=1S/C8H14N2/c9-8(10)6-7-4-2-1-3-5-7/h1-2,4,8H,3,5-6,9-10H2. The van der Waals surface area contributed by atoms with Crippen LogP contribution in [0.25, 0.3) is 0 Å². The van der Waals surface area contributed by atoms with E-state index in [1.165, 1.54) is 5.57 Å². The number of rotatable bonds is 2. The van der Waals surface area contributed by atoms with E-state index in [2.05, 4.69) is 18.2 Å². The van der Waals surface area contributed by atoms with Crippen molar-refractivity contribution in [2.24, 2.45) is 11.5 Å². The topological polar surface area (TPSA) is 52.0 Å². The van der Waals surface area contributed by atoms with E-state index in [1.807, 2.05) is 0 Å². The van der Waals surface area contributed by atoms with Crippen LogP contribution in [0.4, 0.5) is 0 Å². The number of hydrogen-bond donors (Lipinski definition) is 2. The Morgan fingerprint density at radius 3 is 2.80 bits per heavy atom. The molecule has 0 aromatic heterocycles. The highest BCUT2D eigenvalue weighted by Crippen LogP contribution is 2.14. The summed E-state index contributed by atoms with van der Waals surface area (Å²) < 4.78 is 0. The highest BCUT2D eigenvalue weighted by molar-refractivity contribution is 5.18. The molecule has 0 fully saturated rings. The van der Waals surface area contributed by atoms with Crippen LogP contribution in [0.3, 0.4) is 0 Å². The second-order valence-electron chi connectivity index (χ2n) is 2.66. The summed E-state index contributed by atoms with van der Waals surface area (Å²) in [6.07, 6.45) is 9.26. The van der Waals surface area contributed by atoms with Crippen molar-refractivity contribution in [2.75, 3.05) is 0 Å². The third-order valence-electron chi connectivity index (χ3n) is 1.60. The molecule has 4 N–H and O–H groups in total. The van der Waals surface area contributed by atoms with Gasteiger partial charge >= 0.3 is 0 Å². The lowest BCUT2D eigenvalue weighted by Gasteiger charge is -2.10. The van der Waals surface area contributed by atoms with Crippen LogP contribution < -0.4 is 11.5 Å². The van der Waals surface area contributed by atoms with Crippen LogP contribution in [0, 0.1) is 0 Å². The number of hydrogen-bond acceptors (Lipinski definition) is 2. The third-order valence-corrected chi connectivity index (χ3v) is 1.60.